The standard InChI is InChI=1S/C21H26O8/c1-14(2)20(22)26-9-7-24-18-6-5-16(28-12-17-13-29-17)11-19(18)25-8-10-27-21(23)15(3)4/h5-6,11,17H,1,3,7-10,12-13H2,2,4H3. The third kappa shape index (κ3) is 8.27. The number of esters is 2. The van der Waals surface area contributed by atoms with E-state index in [1.807, 2.05) is 0 Å². The van der Waals surface area contributed by atoms with Gasteiger partial charge in [-0.3, -0.25) is 0 Å². The lowest BCUT2D eigenvalue weighted by Gasteiger charge is -2.15. The molecule has 2 rings (SSSR count). The van der Waals surface area contributed by atoms with Gasteiger partial charge in [-0.2, -0.15) is 0 Å². The second kappa shape index (κ2) is 11.1. The molecule has 29 heavy (non-hydrogen) atoms. The van der Waals surface area contributed by atoms with E-state index in [1.54, 1.807) is 32.0 Å². The van der Waals surface area contributed by atoms with Crippen LogP contribution in [0.25, 0.3) is 0 Å². The maximum absolute atomic E-state index is 11.4. The fraction of sp³-hybridized carbons (Fsp3) is 0.429. The Morgan fingerprint density at radius 1 is 0.931 bits per heavy atom. The summed E-state index contributed by atoms with van der Waals surface area (Å²) >= 11 is 0. The second-order valence-electron chi connectivity index (χ2n) is 6.40. The van der Waals surface area contributed by atoms with Gasteiger partial charge in [0.05, 0.1) is 6.61 Å². The SMILES string of the molecule is C=C(C)C(=O)OCCOc1ccc(OCC2CO2)cc1OCCOC(=O)C(=C)C. The summed E-state index contributed by atoms with van der Waals surface area (Å²) in [5, 5.41) is 0. The molecule has 0 spiro atoms. The van der Waals surface area contributed by atoms with E-state index in [0.29, 0.717) is 41.6 Å². The van der Waals surface area contributed by atoms with E-state index in [9.17, 15) is 9.59 Å². The summed E-state index contributed by atoms with van der Waals surface area (Å²) in [6, 6.07) is 5.11. The maximum Gasteiger partial charge on any atom is 0.333 e. The molecule has 1 heterocycles. The number of hydrogen-bond donors (Lipinski definition) is 0. The topological polar surface area (TPSA) is 92.8 Å². The summed E-state index contributed by atoms with van der Waals surface area (Å²) in [4.78, 5) is 22.8. The Kier molecular flexibility index (Phi) is 8.54. The third-order valence-corrected chi connectivity index (χ3v) is 3.60. The van der Waals surface area contributed by atoms with Crippen LogP contribution in [-0.4, -0.2) is 57.7 Å². The summed E-state index contributed by atoms with van der Waals surface area (Å²) in [7, 11) is 0. The Morgan fingerprint density at radius 2 is 1.48 bits per heavy atom. The number of carbonyl (C=O) groups excluding carboxylic acids is 2. The van der Waals surface area contributed by atoms with E-state index in [2.05, 4.69) is 13.2 Å². The van der Waals surface area contributed by atoms with Gasteiger partial charge in [0.2, 0.25) is 0 Å². The molecule has 1 fully saturated rings. The first-order valence-electron chi connectivity index (χ1n) is 9.16. The lowest BCUT2D eigenvalue weighted by molar-refractivity contribution is -0.140. The monoisotopic (exact) mass is 406 g/mol. The van der Waals surface area contributed by atoms with Gasteiger partial charge in [-0.05, 0) is 26.0 Å². The van der Waals surface area contributed by atoms with E-state index in [1.165, 1.54) is 0 Å². The molecular weight excluding hydrogens is 380 g/mol. The summed E-state index contributed by atoms with van der Waals surface area (Å²) in [6.45, 7) is 11.7. The Balaban J connectivity index is 1.90. The molecular formula is C21H26O8. The molecule has 0 amide bonds. The zero-order valence-corrected chi connectivity index (χ0v) is 16.7. The number of epoxide rings is 1. The van der Waals surface area contributed by atoms with Crippen molar-refractivity contribution in [3.05, 3.63) is 42.5 Å². The number of hydrogen-bond acceptors (Lipinski definition) is 8. The van der Waals surface area contributed by atoms with Crippen LogP contribution < -0.4 is 14.2 Å². The molecule has 1 aromatic rings. The lowest BCUT2D eigenvalue weighted by atomic mass is 10.3. The van der Waals surface area contributed by atoms with Gasteiger partial charge in [-0.25, -0.2) is 9.59 Å². The normalized spacial score (nSPS) is 14.5. The molecule has 0 radical (unpaired) electrons. The first kappa shape index (κ1) is 22.3. The highest BCUT2D eigenvalue weighted by molar-refractivity contribution is 5.87. The molecule has 0 N–H and O–H groups in total. The van der Waals surface area contributed by atoms with Crippen LogP contribution in [0.15, 0.2) is 42.5 Å². The minimum absolute atomic E-state index is 0.0579. The highest BCUT2D eigenvalue weighted by Crippen LogP contribution is 2.32. The Bertz CT molecular complexity index is 751. The van der Waals surface area contributed by atoms with Gasteiger partial charge in [0.25, 0.3) is 0 Å². The summed E-state index contributed by atoms with van der Waals surface area (Å²) in [5.74, 6) is 0.492. The van der Waals surface area contributed by atoms with Crippen LogP contribution in [0.1, 0.15) is 13.8 Å². The molecule has 0 bridgehead atoms. The Morgan fingerprint density at radius 3 is 2.00 bits per heavy atom. The predicted molar refractivity (Wildman–Crippen MR) is 104 cm³/mol. The minimum atomic E-state index is -0.481. The van der Waals surface area contributed by atoms with Crippen LogP contribution in [-0.2, 0) is 23.8 Å². The predicted octanol–water partition coefficient (Wildman–Crippen LogP) is 2.46. The van der Waals surface area contributed by atoms with Gasteiger partial charge in [0.1, 0.15) is 44.9 Å². The van der Waals surface area contributed by atoms with E-state index in [0.717, 1.165) is 0 Å². The maximum atomic E-state index is 11.4. The first-order valence-corrected chi connectivity index (χ1v) is 9.16. The van der Waals surface area contributed by atoms with Crippen LogP contribution in [0.3, 0.4) is 0 Å². The Labute approximate surface area is 170 Å². The highest BCUT2D eigenvalue weighted by atomic mass is 16.6. The lowest BCUT2D eigenvalue weighted by Crippen LogP contribution is -2.14. The van der Waals surface area contributed by atoms with Crippen LogP contribution in [0, 0.1) is 0 Å². The van der Waals surface area contributed by atoms with Crippen molar-refractivity contribution in [1.82, 2.24) is 0 Å². The van der Waals surface area contributed by atoms with Gasteiger partial charge in [0, 0.05) is 17.2 Å². The average Bonchev–Trinajstić information content (AvgIpc) is 3.51. The van der Waals surface area contributed by atoms with E-state index in [4.69, 9.17) is 28.4 Å². The van der Waals surface area contributed by atoms with Crippen molar-refractivity contribution in [2.75, 3.05) is 39.6 Å². The van der Waals surface area contributed by atoms with Gasteiger partial charge in [-0.15, -0.1) is 0 Å². The van der Waals surface area contributed by atoms with Crippen molar-refractivity contribution in [3.8, 4) is 17.2 Å². The second-order valence-corrected chi connectivity index (χ2v) is 6.40. The van der Waals surface area contributed by atoms with Crippen molar-refractivity contribution >= 4 is 11.9 Å². The molecule has 158 valence electrons. The van der Waals surface area contributed by atoms with Crippen LogP contribution in [0.4, 0.5) is 0 Å². The summed E-state index contributed by atoms with van der Waals surface area (Å²) in [6.07, 6.45) is 0.125. The minimum Gasteiger partial charge on any atom is -0.491 e. The van der Waals surface area contributed by atoms with Gasteiger partial charge in [-0.1, -0.05) is 13.2 Å². The van der Waals surface area contributed by atoms with Crippen LogP contribution >= 0.6 is 0 Å². The molecule has 1 saturated heterocycles. The van der Waals surface area contributed by atoms with E-state index >= 15 is 0 Å². The molecule has 8 nitrogen and oxygen atoms in total. The van der Waals surface area contributed by atoms with Crippen molar-refractivity contribution < 1.29 is 38.0 Å². The molecule has 0 saturated carbocycles. The third-order valence-electron chi connectivity index (χ3n) is 3.60. The highest BCUT2D eigenvalue weighted by Gasteiger charge is 2.23. The number of rotatable bonds is 13. The molecule has 8 heteroatoms. The smallest absolute Gasteiger partial charge is 0.333 e. The largest absolute Gasteiger partial charge is 0.491 e. The van der Waals surface area contributed by atoms with Gasteiger partial charge in [0.15, 0.2) is 11.5 Å². The fourth-order valence-corrected chi connectivity index (χ4v) is 1.98. The summed E-state index contributed by atoms with van der Waals surface area (Å²) in [5.41, 5.74) is 0.635. The Hall–Kier alpha value is -3.00. The number of benzene rings is 1. The van der Waals surface area contributed by atoms with Crippen molar-refractivity contribution in [1.29, 1.82) is 0 Å². The van der Waals surface area contributed by atoms with Gasteiger partial charge >= 0.3 is 11.9 Å². The van der Waals surface area contributed by atoms with E-state index in [-0.39, 0.29) is 32.5 Å². The van der Waals surface area contributed by atoms with E-state index < -0.39 is 11.9 Å². The van der Waals surface area contributed by atoms with Crippen molar-refractivity contribution in [3.63, 3.8) is 0 Å². The molecule has 1 unspecified atom stereocenters. The zero-order valence-electron chi connectivity index (χ0n) is 16.7. The van der Waals surface area contributed by atoms with Crippen molar-refractivity contribution in [2.24, 2.45) is 0 Å². The first-order chi connectivity index (χ1) is 13.9. The number of ether oxygens (including phenoxy) is 6. The molecule has 1 atom stereocenters. The number of carbonyl (C=O) groups is 2. The molecule has 0 aromatic heterocycles. The molecule has 1 aliphatic rings. The quantitative estimate of drug-likeness (QED) is 0.213. The molecule has 1 aromatic carbocycles. The summed E-state index contributed by atoms with van der Waals surface area (Å²) < 4.78 is 32.1. The average molecular weight is 406 g/mol. The fourth-order valence-electron chi connectivity index (χ4n) is 1.98. The van der Waals surface area contributed by atoms with Crippen molar-refractivity contribution in [2.45, 2.75) is 20.0 Å². The zero-order chi connectivity index (χ0) is 21.2. The molecule has 1 aliphatic heterocycles. The van der Waals surface area contributed by atoms with Crippen LogP contribution in [0.2, 0.25) is 0 Å². The van der Waals surface area contributed by atoms with Gasteiger partial charge < -0.3 is 28.4 Å². The van der Waals surface area contributed by atoms with Crippen LogP contribution in [0.5, 0.6) is 17.2 Å². The molecule has 0 aliphatic carbocycles.